The number of aromatic nitrogens is 2. The minimum absolute atomic E-state index is 0.217. The fourth-order valence-corrected chi connectivity index (χ4v) is 4.31. The topological polar surface area (TPSA) is 58.2 Å². The van der Waals surface area contributed by atoms with Gasteiger partial charge in [0.25, 0.3) is 0 Å². The van der Waals surface area contributed by atoms with Crippen molar-refractivity contribution in [1.29, 1.82) is 0 Å². The average molecular weight is 362 g/mol. The molecule has 1 aromatic carbocycles. The predicted molar refractivity (Wildman–Crippen MR) is 102 cm³/mol. The van der Waals surface area contributed by atoms with Crippen LogP contribution in [0.4, 0.5) is 0 Å². The lowest BCUT2D eigenvalue weighted by atomic mass is 9.94. The van der Waals surface area contributed by atoms with Crippen LogP contribution in [0.3, 0.4) is 0 Å². The molecule has 5 nitrogen and oxygen atoms in total. The van der Waals surface area contributed by atoms with Gasteiger partial charge in [0.2, 0.25) is 5.91 Å². The number of carbonyl (C=O) groups excluding carboxylic acids is 1. The van der Waals surface area contributed by atoms with Gasteiger partial charge in [-0.25, -0.2) is 4.98 Å². The van der Waals surface area contributed by atoms with E-state index in [-0.39, 0.29) is 5.91 Å². The van der Waals surface area contributed by atoms with Crippen LogP contribution in [0, 0.1) is 0 Å². The molecule has 1 aliphatic carbocycles. The number of amides is 1. The van der Waals surface area contributed by atoms with Crippen molar-refractivity contribution in [2.45, 2.75) is 57.1 Å². The van der Waals surface area contributed by atoms with Crippen LogP contribution in [-0.2, 0) is 4.79 Å². The first kappa shape index (κ1) is 18.1. The first-order valence-electron chi connectivity index (χ1n) is 9.26. The van der Waals surface area contributed by atoms with Crippen LogP contribution in [0.2, 0.25) is 0 Å². The Morgan fingerprint density at radius 2 is 2.12 bits per heavy atom. The van der Waals surface area contributed by atoms with Crippen LogP contribution < -0.4 is 4.74 Å². The Labute approximate surface area is 153 Å². The second-order valence-corrected chi connectivity index (χ2v) is 7.38. The summed E-state index contributed by atoms with van der Waals surface area (Å²) in [5, 5.41) is 0.789. The van der Waals surface area contributed by atoms with E-state index >= 15 is 0 Å². The van der Waals surface area contributed by atoms with Gasteiger partial charge in [-0.3, -0.25) is 4.79 Å². The number of imidazole rings is 1. The molecule has 0 bridgehead atoms. The molecular weight excluding hydrogens is 334 g/mol. The molecule has 2 aromatic rings. The number of thioether (sulfide) groups is 1. The van der Waals surface area contributed by atoms with Crippen LogP contribution in [0.25, 0.3) is 11.0 Å². The maximum absolute atomic E-state index is 12.6. The lowest BCUT2D eigenvalue weighted by molar-refractivity contribution is -0.131. The summed E-state index contributed by atoms with van der Waals surface area (Å²) in [5.41, 5.74) is 1.85. The average Bonchev–Trinajstić information content (AvgIpc) is 3.04. The number of aromatic amines is 1. The lowest BCUT2D eigenvalue weighted by Gasteiger charge is -2.33. The van der Waals surface area contributed by atoms with Gasteiger partial charge < -0.3 is 14.6 Å². The quantitative estimate of drug-likeness (QED) is 0.750. The smallest absolute Gasteiger partial charge is 0.233 e. The molecule has 136 valence electrons. The number of nitrogens with zero attached hydrogens (tertiary/aromatic N) is 2. The standard InChI is InChI=1S/C19H27N3O2S/c1-3-22(14-8-6-5-7-9-14)18(23)13-25-19-20-16-11-10-15(24-4-2)12-17(16)21-19/h10-12,14H,3-9,13H2,1-2H3,(H,20,21). The van der Waals surface area contributed by atoms with Gasteiger partial charge in [-0.05, 0) is 38.8 Å². The number of ether oxygens (including phenoxy) is 1. The van der Waals surface area contributed by atoms with E-state index in [1.807, 2.05) is 25.1 Å². The Hall–Kier alpha value is -1.69. The number of H-pyrrole nitrogens is 1. The Morgan fingerprint density at radius 1 is 1.32 bits per heavy atom. The molecule has 1 amide bonds. The van der Waals surface area contributed by atoms with Gasteiger partial charge in [-0.1, -0.05) is 31.0 Å². The monoisotopic (exact) mass is 361 g/mol. The number of carbonyl (C=O) groups is 1. The first-order valence-corrected chi connectivity index (χ1v) is 10.2. The normalized spacial score (nSPS) is 15.4. The number of fused-ring (bicyclic) bond motifs is 1. The molecule has 1 N–H and O–H groups in total. The highest BCUT2D eigenvalue weighted by Gasteiger charge is 2.24. The summed E-state index contributed by atoms with van der Waals surface area (Å²) >= 11 is 1.48. The molecule has 1 saturated carbocycles. The van der Waals surface area contributed by atoms with E-state index in [1.54, 1.807) is 0 Å². The minimum atomic E-state index is 0.217. The van der Waals surface area contributed by atoms with Gasteiger partial charge in [-0.15, -0.1) is 0 Å². The Bertz CT molecular complexity index is 710. The summed E-state index contributed by atoms with van der Waals surface area (Å²) in [5.74, 6) is 1.48. The SMILES string of the molecule is CCOc1ccc2nc(SCC(=O)N(CC)C3CCCCC3)[nH]c2c1. The van der Waals surface area contributed by atoms with Gasteiger partial charge in [0, 0.05) is 18.7 Å². The third-order valence-corrected chi connectivity index (χ3v) is 5.61. The van der Waals surface area contributed by atoms with Gasteiger partial charge in [-0.2, -0.15) is 0 Å². The molecule has 0 atom stereocenters. The highest BCUT2D eigenvalue weighted by Crippen LogP contribution is 2.26. The van der Waals surface area contributed by atoms with Crippen molar-refractivity contribution in [3.05, 3.63) is 18.2 Å². The Balaban J connectivity index is 1.61. The van der Waals surface area contributed by atoms with Gasteiger partial charge in [0.15, 0.2) is 5.16 Å². The largest absolute Gasteiger partial charge is 0.494 e. The zero-order valence-electron chi connectivity index (χ0n) is 15.1. The van der Waals surface area contributed by atoms with E-state index in [0.29, 0.717) is 18.4 Å². The van der Waals surface area contributed by atoms with Crippen molar-refractivity contribution >= 4 is 28.7 Å². The van der Waals surface area contributed by atoms with Crippen LogP contribution >= 0.6 is 11.8 Å². The zero-order valence-corrected chi connectivity index (χ0v) is 15.9. The van der Waals surface area contributed by atoms with Crippen LogP contribution in [-0.4, -0.2) is 45.7 Å². The lowest BCUT2D eigenvalue weighted by Crippen LogP contribution is -2.42. The molecule has 25 heavy (non-hydrogen) atoms. The molecule has 0 aliphatic heterocycles. The summed E-state index contributed by atoms with van der Waals surface area (Å²) in [6, 6.07) is 6.26. The van der Waals surface area contributed by atoms with Gasteiger partial charge >= 0.3 is 0 Å². The molecule has 0 spiro atoms. The van der Waals surface area contributed by atoms with E-state index in [1.165, 1.54) is 31.0 Å². The second kappa shape index (κ2) is 8.61. The highest BCUT2D eigenvalue weighted by atomic mass is 32.2. The Morgan fingerprint density at radius 3 is 2.84 bits per heavy atom. The van der Waals surface area contributed by atoms with Gasteiger partial charge in [0.05, 0.1) is 23.4 Å². The van der Waals surface area contributed by atoms with Crippen molar-refractivity contribution in [2.75, 3.05) is 18.9 Å². The highest BCUT2D eigenvalue weighted by molar-refractivity contribution is 7.99. The molecule has 6 heteroatoms. The minimum Gasteiger partial charge on any atom is -0.494 e. The third kappa shape index (κ3) is 4.48. The summed E-state index contributed by atoms with van der Waals surface area (Å²) in [7, 11) is 0. The summed E-state index contributed by atoms with van der Waals surface area (Å²) in [6.45, 7) is 5.48. The number of hydrogen-bond donors (Lipinski definition) is 1. The molecule has 1 fully saturated rings. The predicted octanol–water partition coefficient (Wildman–Crippen LogP) is 4.23. The number of hydrogen-bond acceptors (Lipinski definition) is 4. The zero-order chi connectivity index (χ0) is 17.6. The van der Waals surface area contributed by atoms with Crippen molar-refractivity contribution in [1.82, 2.24) is 14.9 Å². The van der Waals surface area contributed by atoms with Crippen molar-refractivity contribution in [2.24, 2.45) is 0 Å². The number of nitrogens with one attached hydrogen (secondary N) is 1. The second-order valence-electron chi connectivity index (χ2n) is 6.41. The molecular formula is C19H27N3O2S. The maximum Gasteiger partial charge on any atom is 0.233 e. The molecule has 0 unspecified atom stereocenters. The van der Waals surface area contributed by atoms with Crippen molar-refractivity contribution in [3.8, 4) is 5.75 Å². The van der Waals surface area contributed by atoms with Crippen molar-refractivity contribution in [3.63, 3.8) is 0 Å². The molecule has 0 saturated heterocycles. The van der Waals surface area contributed by atoms with Crippen molar-refractivity contribution < 1.29 is 9.53 Å². The number of rotatable bonds is 7. The fourth-order valence-electron chi connectivity index (χ4n) is 3.53. The van der Waals surface area contributed by atoms with Crippen LogP contribution in [0.15, 0.2) is 23.4 Å². The maximum atomic E-state index is 12.6. The third-order valence-electron chi connectivity index (χ3n) is 4.75. The summed E-state index contributed by atoms with van der Waals surface area (Å²) in [4.78, 5) is 22.6. The van der Waals surface area contributed by atoms with E-state index in [0.717, 1.165) is 41.3 Å². The summed E-state index contributed by atoms with van der Waals surface area (Å²) in [6.07, 6.45) is 6.09. The van der Waals surface area contributed by atoms with E-state index < -0.39 is 0 Å². The Kier molecular flexibility index (Phi) is 6.24. The molecule has 3 rings (SSSR count). The molecule has 1 aliphatic rings. The van der Waals surface area contributed by atoms with E-state index in [4.69, 9.17) is 4.74 Å². The van der Waals surface area contributed by atoms with Crippen LogP contribution in [0.1, 0.15) is 46.0 Å². The number of benzene rings is 1. The first-order chi connectivity index (χ1) is 12.2. The van der Waals surface area contributed by atoms with E-state index in [2.05, 4.69) is 21.8 Å². The molecule has 0 radical (unpaired) electrons. The van der Waals surface area contributed by atoms with E-state index in [9.17, 15) is 4.79 Å². The molecule has 1 aromatic heterocycles. The van der Waals surface area contributed by atoms with Gasteiger partial charge in [0.1, 0.15) is 5.75 Å². The van der Waals surface area contributed by atoms with Crippen LogP contribution in [0.5, 0.6) is 5.75 Å². The summed E-state index contributed by atoms with van der Waals surface area (Å²) < 4.78 is 5.52. The molecule has 1 heterocycles. The fraction of sp³-hybridized carbons (Fsp3) is 0.579.